The van der Waals surface area contributed by atoms with E-state index in [0.717, 1.165) is 25.1 Å². The molecule has 1 aliphatic heterocycles. The number of hydrogen-bond donors (Lipinski definition) is 1. The molecule has 2 aromatic rings. The molecule has 0 saturated carbocycles. The lowest BCUT2D eigenvalue weighted by Gasteiger charge is -2.29. The fourth-order valence-corrected chi connectivity index (χ4v) is 2.58. The van der Waals surface area contributed by atoms with Crippen LogP contribution in [0.4, 0.5) is 11.6 Å². The summed E-state index contributed by atoms with van der Waals surface area (Å²) in [6.07, 6.45) is 3.60. The third-order valence-electron chi connectivity index (χ3n) is 3.65. The molecule has 6 heteroatoms. The highest BCUT2D eigenvalue weighted by molar-refractivity contribution is 5.97. The van der Waals surface area contributed by atoms with Crippen LogP contribution in [0.25, 0.3) is 0 Å². The van der Waals surface area contributed by atoms with Gasteiger partial charge in [0.1, 0.15) is 0 Å². The van der Waals surface area contributed by atoms with Gasteiger partial charge in [0, 0.05) is 24.5 Å². The van der Waals surface area contributed by atoms with Gasteiger partial charge >= 0.3 is 0 Å². The van der Waals surface area contributed by atoms with Crippen molar-refractivity contribution in [1.29, 1.82) is 0 Å². The largest absolute Gasteiger partial charge is 0.481 e. The van der Waals surface area contributed by atoms with E-state index < -0.39 is 0 Å². The van der Waals surface area contributed by atoms with Gasteiger partial charge in [-0.05, 0) is 24.5 Å². The van der Waals surface area contributed by atoms with E-state index in [9.17, 15) is 4.79 Å². The van der Waals surface area contributed by atoms with E-state index in [0.29, 0.717) is 11.8 Å². The molecule has 1 aromatic carbocycles. The van der Waals surface area contributed by atoms with Crippen molar-refractivity contribution in [1.82, 2.24) is 9.97 Å². The molecule has 0 radical (unpaired) electrons. The Labute approximate surface area is 129 Å². The average Bonchev–Trinajstić information content (AvgIpc) is 2.59. The molecule has 0 unspecified atom stereocenters. The summed E-state index contributed by atoms with van der Waals surface area (Å²) < 4.78 is 5.04. The summed E-state index contributed by atoms with van der Waals surface area (Å²) in [7, 11) is 1.54. The van der Waals surface area contributed by atoms with Gasteiger partial charge in [-0.15, -0.1) is 0 Å². The second-order valence-electron chi connectivity index (χ2n) is 5.05. The molecular formula is C16H18N4O2. The molecular weight excluding hydrogens is 280 g/mol. The maximum Gasteiger partial charge on any atom is 0.246 e. The van der Waals surface area contributed by atoms with Gasteiger partial charge in [0.05, 0.1) is 13.7 Å². The van der Waals surface area contributed by atoms with E-state index in [1.807, 2.05) is 23.1 Å². The zero-order valence-electron chi connectivity index (χ0n) is 12.5. The van der Waals surface area contributed by atoms with Crippen molar-refractivity contribution in [2.45, 2.75) is 12.8 Å². The lowest BCUT2D eigenvalue weighted by Crippen LogP contribution is -2.39. The van der Waals surface area contributed by atoms with Crippen LogP contribution in [-0.2, 0) is 11.2 Å². The average molecular weight is 298 g/mol. The van der Waals surface area contributed by atoms with E-state index in [4.69, 9.17) is 4.74 Å². The number of fused-ring (bicyclic) bond motifs is 1. The van der Waals surface area contributed by atoms with Crippen molar-refractivity contribution in [2.24, 2.45) is 0 Å². The van der Waals surface area contributed by atoms with Crippen molar-refractivity contribution >= 4 is 17.5 Å². The standard InChI is InChI=1S/C16H18N4O2/c1-22-14-8-9-17-16(19-14)18-11-15(21)20-10-4-6-12-5-2-3-7-13(12)20/h2-3,5,7-9H,4,6,10-11H2,1H3,(H,17,18,19). The summed E-state index contributed by atoms with van der Waals surface area (Å²) in [5, 5.41) is 2.95. The first-order valence-electron chi connectivity index (χ1n) is 7.27. The maximum atomic E-state index is 12.5. The monoisotopic (exact) mass is 298 g/mol. The molecule has 0 fully saturated rings. The van der Waals surface area contributed by atoms with Crippen molar-refractivity contribution in [3.05, 3.63) is 42.1 Å². The van der Waals surface area contributed by atoms with Gasteiger partial charge in [0.25, 0.3) is 0 Å². The lowest BCUT2D eigenvalue weighted by atomic mass is 10.0. The van der Waals surface area contributed by atoms with Crippen LogP contribution in [0.5, 0.6) is 5.88 Å². The highest BCUT2D eigenvalue weighted by Gasteiger charge is 2.21. The molecule has 0 bridgehead atoms. The van der Waals surface area contributed by atoms with Gasteiger partial charge < -0.3 is 15.0 Å². The van der Waals surface area contributed by atoms with Crippen molar-refractivity contribution in [2.75, 3.05) is 30.4 Å². The number of ether oxygens (including phenoxy) is 1. The number of benzene rings is 1. The molecule has 22 heavy (non-hydrogen) atoms. The molecule has 1 N–H and O–H groups in total. The third-order valence-corrected chi connectivity index (χ3v) is 3.65. The number of aromatic nitrogens is 2. The third kappa shape index (κ3) is 3.00. The zero-order chi connectivity index (χ0) is 15.4. The number of rotatable bonds is 4. The summed E-state index contributed by atoms with van der Waals surface area (Å²) in [5.41, 5.74) is 2.23. The first kappa shape index (κ1) is 14.3. The smallest absolute Gasteiger partial charge is 0.246 e. The summed E-state index contributed by atoms with van der Waals surface area (Å²) in [4.78, 5) is 22.5. The summed E-state index contributed by atoms with van der Waals surface area (Å²) in [6.45, 7) is 0.901. The van der Waals surface area contributed by atoms with E-state index in [1.54, 1.807) is 19.4 Å². The topological polar surface area (TPSA) is 67.3 Å². The Kier molecular flexibility index (Phi) is 4.18. The first-order valence-corrected chi connectivity index (χ1v) is 7.27. The molecule has 1 aliphatic rings. The molecule has 2 heterocycles. The molecule has 114 valence electrons. The number of aryl methyl sites for hydroxylation is 1. The molecule has 1 amide bonds. The molecule has 0 atom stereocenters. The minimum atomic E-state index is 0.0126. The molecule has 0 saturated heterocycles. The molecule has 6 nitrogen and oxygen atoms in total. The highest BCUT2D eigenvalue weighted by atomic mass is 16.5. The number of methoxy groups -OCH3 is 1. The van der Waals surface area contributed by atoms with Crippen LogP contribution < -0.4 is 15.0 Å². The van der Waals surface area contributed by atoms with E-state index in [1.165, 1.54) is 5.56 Å². The van der Waals surface area contributed by atoms with Crippen molar-refractivity contribution in [3.63, 3.8) is 0 Å². The van der Waals surface area contributed by atoms with E-state index >= 15 is 0 Å². The highest BCUT2D eigenvalue weighted by Crippen LogP contribution is 2.26. The Balaban J connectivity index is 1.68. The zero-order valence-corrected chi connectivity index (χ0v) is 12.5. The van der Waals surface area contributed by atoms with Gasteiger partial charge in [-0.25, -0.2) is 4.98 Å². The predicted molar refractivity (Wildman–Crippen MR) is 84.2 cm³/mol. The van der Waals surface area contributed by atoms with Crippen molar-refractivity contribution < 1.29 is 9.53 Å². The maximum absolute atomic E-state index is 12.5. The fourth-order valence-electron chi connectivity index (χ4n) is 2.58. The Bertz CT molecular complexity index is 675. The molecule has 0 spiro atoms. The minimum absolute atomic E-state index is 0.0126. The number of carbonyl (C=O) groups excluding carboxylic acids is 1. The summed E-state index contributed by atoms with van der Waals surface area (Å²) >= 11 is 0. The Morgan fingerprint density at radius 1 is 1.36 bits per heavy atom. The predicted octanol–water partition coefficient (Wildman–Crippen LogP) is 1.88. The van der Waals surface area contributed by atoms with Crippen LogP contribution in [0.3, 0.4) is 0 Å². The van der Waals surface area contributed by atoms with Crippen LogP contribution in [0.2, 0.25) is 0 Å². The number of hydrogen-bond acceptors (Lipinski definition) is 5. The van der Waals surface area contributed by atoms with Crippen LogP contribution >= 0.6 is 0 Å². The Hall–Kier alpha value is -2.63. The molecule has 1 aromatic heterocycles. The van der Waals surface area contributed by atoms with Gasteiger partial charge in [-0.1, -0.05) is 18.2 Å². The summed E-state index contributed by atoms with van der Waals surface area (Å²) in [5.74, 6) is 0.866. The molecule has 3 rings (SSSR count). The van der Waals surface area contributed by atoms with Crippen molar-refractivity contribution in [3.8, 4) is 5.88 Å². The van der Waals surface area contributed by atoms with Gasteiger partial charge in [0.2, 0.25) is 17.7 Å². The van der Waals surface area contributed by atoms with Gasteiger partial charge in [-0.2, -0.15) is 4.98 Å². The van der Waals surface area contributed by atoms with E-state index in [2.05, 4.69) is 21.4 Å². The number of carbonyl (C=O) groups is 1. The Morgan fingerprint density at radius 3 is 3.09 bits per heavy atom. The Morgan fingerprint density at radius 2 is 2.23 bits per heavy atom. The van der Waals surface area contributed by atoms with Gasteiger partial charge in [-0.3, -0.25) is 4.79 Å². The lowest BCUT2D eigenvalue weighted by molar-refractivity contribution is -0.117. The SMILES string of the molecule is COc1ccnc(NCC(=O)N2CCCc3ccccc32)n1. The molecule has 0 aliphatic carbocycles. The minimum Gasteiger partial charge on any atom is -0.481 e. The first-order chi connectivity index (χ1) is 10.8. The van der Waals surface area contributed by atoms with Crippen LogP contribution in [0, 0.1) is 0 Å². The number of amides is 1. The second-order valence-corrected chi connectivity index (χ2v) is 5.05. The summed E-state index contributed by atoms with van der Waals surface area (Å²) in [6, 6.07) is 9.70. The van der Waals surface area contributed by atoms with E-state index in [-0.39, 0.29) is 12.5 Å². The van der Waals surface area contributed by atoms with Gasteiger partial charge in [0.15, 0.2) is 0 Å². The quantitative estimate of drug-likeness (QED) is 0.933. The van der Waals surface area contributed by atoms with Crippen LogP contribution in [0.1, 0.15) is 12.0 Å². The number of nitrogens with zero attached hydrogens (tertiary/aromatic N) is 3. The normalized spacial score (nSPS) is 13.4. The number of para-hydroxylation sites is 1. The van der Waals surface area contributed by atoms with Crippen LogP contribution in [0.15, 0.2) is 36.5 Å². The van der Waals surface area contributed by atoms with Crippen LogP contribution in [-0.4, -0.2) is 36.1 Å². The number of anilines is 2. The fraction of sp³-hybridized carbons (Fsp3) is 0.312. The second kappa shape index (κ2) is 6.43. The number of nitrogens with one attached hydrogen (secondary N) is 1.